The first-order valence-corrected chi connectivity index (χ1v) is 8.77. The molecule has 0 spiro atoms. The van der Waals surface area contributed by atoms with Crippen LogP contribution in [0, 0.1) is 11.3 Å². The summed E-state index contributed by atoms with van der Waals surface area (Å²) >= 11 is 0. The Labute approximate surface area is 126 Å². The largest absolute Gasteiger partial charge is 0.384 e. The zero-order valence-electron chi connectivity index (χ0n) is 12.6. The molecule has 1 aromatic rings. The first kappa shape index (κ1) is 17.7. The van der Waals surface area contributed by atoms with Gasteiger partial charge in [0.2, 0.25) is 0 Å². The van der Waals surface area contributed by atoms with Gasteiger partial charge in [0, 0.05) is 12.2 Å². The minimum Gasteiger partial charge on any atom is -0.384 e. The van der Waals surface area contributed by atoms with E-state index >= 15 is 0 Å². The lowest BCUT2D eigenvalue weighted by atomic mass is 10.1. The molecule has 1 rings (SSSR count). The van der Waals surface area contributed by atoms with Crippen LogP contribution in [0.25, 0.3) is 0 Å². The SMILES string of the molecule is CCCC(C)COCCS(=O)(=O)c1cccc(C(=N)N)c1. The van der Waals surface area contributed by atoms with Gasteiger partial charge < -0.3 is 10.5 Å². The Kier molecular flexibility index (Phi) is 6.84. The third-order valence-electron chi connectivity index (χ3n) is 3.18. The summed E-state index contributed by atoms with van der Waals surface area (Å²) < 4.78 is 29.8. The zero-order chi connectivity index (χ0) is 15.9. The van der Waals surface area contributed by atoms with E-state index in [1.807, 2.05) is 0 Å². The van der Waals surface area contributed by atoms with Gasteiger partial charge in [-0.05, 0) is 24.5 Å². The highest BCUT2D eigenvalue weighted by Gasteiger charge is 2.15. The lowest BCUT2D eigenvalue weighted by Gasteiger charge is -2.11. The maximum absolute atomic E-state index is 12.2. The van der Waals surface area contributed by atoms with Crippen molar-refractivity contribution in [2.24, 2.45) is 11.7 Å². The van der Waals surface area contributed by atoms with Crippen molar-refractivity contribution in [3.63, 3.8) is 0 Å². The lowest BCUT2D eigenvalue weighted by Crippen LogP contribution is -2.16. The maximum Gasteiger partial charge on any atom is 0.180 e. The molecule has 21 heavy (non-hydrogen) atoms. The monoisotopic (exact) mass is 312 g/mol. The minimum absolute atomic E-state index is 0.0623. The second kappa shape index (κ2) is 8.14. The molecule has 1 aromatic carbocycles. The molecule has 0 fully saturated rings. The number of nitrogens with one attached hydrogen (secondary N) is 1. The smallest absolute Gasteiger partial charge is 0.180 e. The third-order valence-corrected chi connectivity index (χ3v) is 4.86. The van der Waals surface area contributed by atoms with E-state index in [2.05, 4.69) is 13.8 Å². The van der Waals surface area contributed by atoms with Gasteiger partial charge in [-0.15, -0.1) is 0 Å². The predicted octanol–water partition coefficient (Wildman–Crippen LogP) is 2.20. The van der Waals surface area contributed by atoms with Crippen molar-refractivity contribution in [3.05, 3.63) is 29.8 Å². The quantitative estimate of drug-likeness (QED) is 0.415. The van der Waals surface area contributed by atoms with E-state index in [0.717, 1.165) is 12.8 Å². The van der Waals surface area contributed by atoms with Gasteiger partial charge in [-0.1, -0.05) is 32.4 Å². The molecule has 5 nitrogen and oxygen atoms in total. The minimum atomic E-state index is -3.40. The lowest BCUT2D eigenvalue weighted by molar-refractivity contribution is 0.114. The molecule has 6 heteroatoms. The van der Waals surface area contributed by atoms with Gasteiger partial charge in [0.1, 0.15) is 5.84 Å². The second-order valence-electron chi connectivity index (χ2n) is 5.23. The molecule has 0 bridgehead atoms. The van der Waals surface area contributed by atoms with E-state index in [0.29, 0.717) is 18.1 Å². The Morgan fingerprint density at radius 2 is 2.14 bits per heavy atom. The number of ether oxygens (including phenoxy) is 1. The van der Waals surface area contributed by atoms with Crippen LogP contribution in [-0.2, 0) is 14.6 Å². The second-order valence-corrected chi connectivity index (χ2v) is 7.34. The maximum atomic E-state index is 12.2. The number of nitrogens with two attached hydrogens (primary N) is 1. The van der Waals surface area contributed by atoms with E-state index in [-0.39, 0.29) is 23.1 Å². The molecular weight excluding hydrogens is 288 g/mol. The van der Waals surface area contributed by atoms with E-state index in [1.54, 1.807) is 12.1 Å². The highest BCUT2D eigenvalue weighted by Crippen LogP contribution is 2.13. The molecule has 0 aliphatic carbocycles. The number of rotatable bonds is 9. The fourth-order valence-electron chi connectivity index (χ4n) is 2.00. The van der Waals surface area contributed by atoms with Crippen molar-refractivity contribution in [1.29, 1.82) is 5.41 Å². The summed E-state index contributed by atoms with van der Waals surface area (Å²) in [6.45, 7) is 4.97. The first-order chi connectivity index (χ1) is 9.86. The predicted molar refractivity (Wildman–Crippen MR) is 84.4 cm³/mol. The summed E-state index contributed by atoms with van der Waals surface area (Å²) in [5.41, 5.74) is 5.78. The normalized spacial score (nSPS) is 13.0. The summed E-state index contributed by atoms with van der Waals surface area (Å²) in [6, 6.07) is 6.15. The summed E-state index contributed by atoms with van der Waals surface area (Å²) in [7, 11) is -3.40. The van der Waals surface area contributed by atoms with Crippen LogP contribution in [0.2, 0.25) is 0 Å². The van der Waals surface area contributed by atoms with Crippen LogP contribution in [0.1, 0.15) is 32.3 Å². The number of nitrogen functional groups attached to an aromatic ring is 1. The topological polar surface area (TPSA) is 93.2 Å². The van der Waals surface area contributed by atoms with E-state index in [4.69, 9.17) is 15.9 Å². The van der Waals surface area contributed by atoms with Gasteiger partial charge in [0.15, 0.2) is 9.84 Å². The van der Waals surface area contributed by atoms with Crippen LogP contribution < -0.4 is 5.73 Å². The summed E-state index contributed by atoms with van der Waals surface area (Å²) in [6.07, 6.45) is 2.17. The summed E-state index contributed by atoms with van der Waals surface area (Å²) in [5, 5.41) is 7.35. The highest BCUT2D eigenvalue weighted by molar-refractivity contribution is 7.91. The van der Waals surface area contributed by atoms with E-state index in [1.165, 1.54) is 12.1 Å². The van der Waals surface area contributed by atoms with Crippen LogP contribution in [0.4, 0.5) is 0 Å². The molecule has 0 aromatic heterocycles. The molecular formula is C15H24N2O3S. The molecule has 0 heterocycles. The molecule has 3 N–H and O–H groups in total. The fourth-order valence-corrected chi connectivity index (χ4v) is 3.17. The van der Waals surface area contributed by atoms with E-state index < -0.39 is 9.84 Å². The van der Waals surface area contributed by atoms with Crippen molar-refractivity contribution < 1.29 is 13.2 Å². The number of hydrogen-bond donors (Lipinski definition) is 2. The van der Waals surface area contributed by atoms with Gasteiger partial charge in [-0.3, -0.25) is 5.41 Å². The summed E-state index contributed by atoms with van der Waals surface area (Å²) in [5.74, 6) is 0.239. The van der Waals surface area contributed by atoms with Crippen molar-refractivity contribution in [2.75, 3.05) is 19.0 Å². The Bertz CT molecular complexity index is 570. The van der Waals surface area contributed by atoms with E-state index in [9.17, 15) is 8.42 Å². The standard InChI is InChI=1S/C15H24N2O3S/c1-3-5-12(2)11-20-8-9-21(18,19)14-7-4-6-13(10-14)15(16)17/h4,6-7,10,12H,3,5,8-9,11H2,1-2H3,(H3,16,17). The molecule has 1 atom stereocenters. The van der Waals surface area contributed by atoms with Gasteiger partial charge in [-0.25, -0.2) is 8.42 Å². The number of benzene rings is 1. The number of amidine groups is 1. The summed E-state index contributed by atoms with van der Waals surface area (Å²) in [4.78, 5) is 0.181. The molecule has 1 unspecified atom stereocenters. The van der Waals surface area contributed by atoms with Crippen molar-refractivity contribution >= 4 is 15.7 Å². The number of sulfone groups is 1. The van der Waals surface area contributed by atoms with Gasteiger partial charge >= 0.3 is 0 Å². The van der Waals surface area contributed by atoms with Crippen LogP contribution in [0.15, 0.2) is 29.2 Å². The number of hydrogen-bond acceptors (Lipinski definition) is 4. The average molecular weight is 312 g/mol. The van der Waals surface area contributed by atoms with Gasteiger partial charge in [0.25, 0.3) is 0 Å². The highest BCUT2D eigenvalue weighted by atomic mass is 32.2. The average Bonchev–Trinajstić information content (AvgIpc) is 2.44. The fraction of sp³-hybridized carbons (Fsp3) is 0.533. The molecule has 0 aliphatic rings. The Morgan fingerprint density at radius 3 is 2.76 bits per heavy atom. The molecule has 118 valence electrons. The van der Waals surface area contributed by atoms with Crippen molar-refractivity contribution in [3.8, 4) is 0 Å². The first-order valence-electron chi connectivity index (χ1n) is 7.11. The van der Waals surface area contributed by atoms with Crippen LogP contribution in [0.5, 0.6) is 0 Å². The molecule has 0 saturated heterocycles. The van der Waals surface area contributed by atoms with Crippen LogP contribution in [-0.4, -0.2) is 33.2 Å². The molecule has 0 amide bonds. The molecule has 0 saturated carbocycles. The van der Waals surface area contributed by atoms with Gasteiger partial charge in [-0.2, -0.15) is 0 Å². The van der Waals surface area contributed by atoms with Crippen LogP contribution in [0.3, 0.4) is 0 Å². The van der Waals surface area contributed by atoms with Crippen molar-refractivity contribution in [2.45, 2.75) is 31.6 Å². The Morgan fingerprint density at radius 1 is 1.43 bits per heavy atom. The van der Waals surface area contributed by atoms with Crippen LogP contribution >= 0.6 is 0 Å². The molecule has 0 radical (unpaired) electrons. The molecule has 0 aliphatic heterocycles. The van der Waals surface area contributed by atoms with Crippen molar-refractivity contribution in [1.82, 2.24) is 0 Å². The Hall–Kier alpha value is -1.40. The Balaban J connectivity index is 2.58. The van der Waals surface area contributed by atoms with Gasteiger partial charge in [0.05, 0.1) is 17.3 Å². The zero-order valence-corrected chi connectivity index (χ0v) is 13.4. The third kappa shape index (κ3) is 5.85.